The van der Waals surface area contributed by atoms with Crippen LogP contribution < -0.4 is 4.74 Å². The highest BCUT2D eigenvalue weighted by molar-refractivity contribution is 5.83. The van der Waals surface area contributed by atoms with Crippen LogP contribution in [0.15, 0.2) is 24.3 Å². The summed E-state index contributed by atoms with van der Waals surface area (Å²) < 4.78 is 21.8. The third-order valence-corrected chi connectivity index (χ3v) is 5.47. The number of carbonyl (C=O) groups excluding carboxylic acids is 1. The van der Waals surface area contributed by atoms with Crippen molar-refractivity contribution in [2.45, 2.75) is 37.5 Å². The first kappa shape index (κ1) is 18.2. The molecule has 0 bridgehead atoms. The van der Waals surface area contributed by atoms with Gasteiger partial charge in [-0.3, -0.25) is 4.79 Å². The molecule has 1 aromatic carbocycles. The zero-order chi connectivity index (χ0) is 17.5. The number of ether oxygens (including phenoxy) is 4. The summed E-state index contributed by atoms with van der Waals surface area (Å²) in [5.41, 5.74) is 0.396. The number of benzene rings is 1. The van der Waals surface area contributed by atoms with Gasteiger partial charge >= 0.3 is 5.97 Å². The van der Waals surface area contributed by atoms with Crippen molar-refractivity contribution < 1.29 is 23.7 Å². The van der Waals surface area contributed by atoms with E-state index in [0.29, 0.717) is 32.0 Å². The maximum absolute atomic E-state index is 12.4. The summed E-state index contributed by atoms with van der Waals surface area (Å²) >= 11 is 0. The molecular weight excluding hydrogens is 320 g/mol. The van der Waals surface area contributed by atoms with E-state index in [1.54, 1.807) is 0 Å². The Morgan fingerprint density at radius 1 is 1.08 bits per heavy atom. The molecule has 0 amide bonds. The molecular formula is C20H28O5. The molecule has 3 rings (SSSR count). The van der Waals surface area contributed by atoms with Gasteiger partial charge in [0.1, 0.15) is 5.75 Å². The van der Waals surface area contributed by atoms with Gasteiger partial charge in [0, 0.05) is 26.4 Å². The van der Waals surface area contributed by atoms with Crippen LogP contribution in [0, 0.1) is 5.92 Å². The van der Waals surface area contributed by atoms with Crippen LogP contribution in [0.5, 0.6) is 5.75 Å². The SMILES string of the molecule is COC(=O)C1(c2ccc(OCCC3CCOCC3)cc2)CCOCC1. The van der Waals surface area contributed by atoms with Gasteiger partial charge < -0.3 is 18.9 Å². The minimum absolute atomic E-state index is 0.177. The van der Waals surface area contributed by atoms with Crippen LogP contribution in [0.25, 0.3) is 0 Å². The zero-order valence-electron chi connectivity index (χ0n) is 15.0. The first-order valence-electron chi connectivity index (χ1n) is 9.22. The summed E-state index contributed by atoms with van der Waals surface area (Å²) in [6.07, 6.45) is 4.64. The molecule has 0 saturated carbocycles. The molecule has 2 heterocycles. The van der Waals surface area contributed by atoms with Gasteiger partial charge in [0.25, 0.3) is 0 Å². The van der Waals surface area contributed by atoms with Gasteiger partial charge in [-0.1, -0.05) is 12.1 Å². The van der Waals surface area contributed by atoms with Crippen molar-refractivity contribution in [3.05, 3.63) is 29.8 Å². The lowest BCUT2D eigenvalue weighted by Gasteiger charge is -2.34. The van der Waals surface area contributed by atoms with Gasteiger partial charge in [0.05, 0.1) is 19.1 Å². The molecule has 0 spiro atoms. The Balaban J connectivity index is 1.59. The molecule has 2 aliphatic heterocycles. The smallest absolute Gasteiger partial charge is 0.316 e. The van der Waals surface area contributed by atoms with E-state index in [0.717, 1.165) is 50.4 Å². The first-order chi connectivity index (χ1) is 12.2. The molecule has 0 atom stereocenters. The molecule has 0 aliphatic carbocycles. The Bertz CT molecular complexity index is 542. The minimum atomic E-state index is -0.590. The fourth-order valence-electron chi connectivity index (χ4n) is 3.77. The summed E-state index contributed by atoms with van der Waals surface area (Å²) in [5.74, 6) is 1.38. The average molecular weight is 348 g/mol. The second-order valence-electron chi connectivity index (χ2n) is 6.90. The Morgan fingerprint density at radius 2 is 1.72 bits per heavy atom. The first-order valence-corrected chi connectivity index (χ1v) is 9.22. The second kappa shape index (κ2) is 8.68. The largest absolute Gasteiger partial charge is 0.494 e. The average Bonchev–Trinajstić information content (AvgIpc) is 2.69. The minimum Gasteiger partial charge on any atom is -0.494 e. The lowest BCUT2D eigenvalue weighted by atomic mass is 9.74. The van der Waals surface area contributed by atoms with Crippen molar-refractivity contribution in [3.8, 4) is 5.75 Å². The van der Waals surface area contributed by atoms with Crippen LogP contribution in [0.1, 0.15) is 37.7 Å². The highest BCUT2D eigenvalue weighted by Gasteiger charge is 2.42. The van der Waals surface area contributed by atoms with E-state index in [1.165, 1.54) is 7.11 Å². The van der Waals surface area contributed by atoms with E-state index in [1.807, 2.05) is 24.3 Å². The third kappa shape index (κ3) is 4.33. The van der Waals surface area contributed by atoms with Crippen LogP contribution in [0.3, 0.4) is 0 Å². The predicted octanol–water partition coefficient (Wildman–Crippen LogP) is 3.10. The highest BCUT2D eigenvalue weighted by atomic mass is 16.5. The van der Waals surface area contributed by atoms with Crippen molar-refractivity contribution >= 4 is 5.97 Å². The molecule has 5 nitrogen and oxygen atoms in total. The normalized spacial score (nSPS) is 20.8. The van der Waals surface area contributed by atoms with E-state index >= 15 is 0 Å². The molecule has 0 unspecified atom stereocenters. The maximum Gasteiger partial charge on any atom is 0.316 e. The van der Waals surface area contributed by atoms with E-state index in [9.17, 15) is 4.79 Å². The van der Waals surface area contributed by atoms with Crippen LogP contribution in [-0.4, -0.2) is 46.1 Å². The summed E-state index contributed by atoms with van der Waals surface area (Å²) in [6, 6.07) is 7.90. The monoisotopic (exact) mass is 348 g/mol. The number of hydrogen-bond acceptors (Lipinski definition) is 5. The van der Waals surface area contributed by atoms with Crippen molar-refractivity contribution in [2.75, 3.05) is 40.1 Å². The third-order valence-electron chi connectivity index (χ3n) is 5.47. The number of rotatable bonds is 6. The molecule has 138 valence electrons. The Hall–Kier alpha value is -1.59. The number of esters is 1. The van der Waals surface area contributed by atoms with Crippen LogP contribution in [-0.2, 0) is 24.4 Å². The second-order valence-corrected chi connectivity index (χ2v) is 6.90. The Labute approximate surface area is 149 Å². The summed E-state index contributed by atoms with van der Waals surface area (Å²) in [5, 5.41) is 0. The lowest BCUT2D eigenvalue weighted by molar-refractivity contribution is -0.151. The molecule has 2 saturated heterocycles. The summed E-state index contributed by atoms with van der Waals surface area (Å²) in [6.45, 7) is 3.63. The van der Waals surface area contributed by atoms with Crippen molar-refractivity contribution in [1.82, 2.24) is 0 Å². The van der Waals surface area contributed by atoms with Gasteiger partial charge in [-0.05, 0) is 55.7 Å². The molecule has 0 aromatic heterocycles. The number of hydrogen-bond donors (Lipinski definition) is 0. The molecule has 5 heteroatoms. The van der Waals surface area contributed by atoms with Gasteiger partial charge in [-0.25, -0.2) is 0 Å². The fraction of sp³-hybridized carbons (Fsp3) is 0.650. The quantitative estimate of drug-likeness (QED) is 0.740. The van der Waals surface area contributed by atoms with E-state index in [4.69, 9.17) is 18.9 Å². The standard InChI is InChI=1S/C20H28O5/c1-22-19(21)20(9-14-24-15-10-20)17-2-4-18(5-3-17)25-13-8-16-6-11-23-12-7-16/h2-5,16H,6-15H2,1H3. The van der Waals surface area contributed by atoms with Gasteiger partial charge in [0.2, 0.25) is 0 Å². The Kier molecular flexibility index (Phi) is 6.32. The van der Waals surface area contributed by atoms with E-state index < -0.39 is 5.41 Å². The maximum atomic E-state index is 12.4. The van der Waals surface area contributed by atoms with Crippen LogP contribution >= 0.6 is 0 Å². The molecule has 25 heavy (non-hydrogen) atoms. The summed E-state index contributed by atoms with van der Waals surface area (Å²) in [7, 11) is 1.45. The number of carbonyl (C=O) groups is 1. The van der Waals surface area contributed by atoms with E-state index in [2.05, 4.69) is 0 Å². The topological polar surface area (TPSA) is 54.0 Å². The molecule has 2 fully saturated rings. The van der Waals surface area contributed by atoms with Gasteiger partial charge in [0.15, 0.2) is 0 Å². The Morgan fingerprint density at radius 3 is 2.36 bits per heavy atom. The number of methoxy groups -OCH3 is 1. The lowest BCUT2D eigenvalue weighted by Crippen LogP contribution is -2.42. The van der Waals surface area contributed by atoms with Crippen molar-refractivity contribution in [3.63, 3.8) is 0 Å². The molecule has 0 radical (unpaired) electrons. The molecule has 2 aliphatic rings. The van der Waals surface area contributed by atoms with Crippen molar-refractivity contribution in [2.24, 2.45) is 5.92 Å². The summed E-state index contributed by atoms with van der Waals surface area (Å²) in [4.78, 5) is 12.4. The van der Waals surface area contributed by atoms with Gasteiger partial charge in [-0.2, -0.15) is 0 Å². The van der Waals surface area contributed by atoms with Crippen LogP contribution in [0.2, 0.25) is 0 Å². The predicted molar refractivity (Wildman–Crippen MR) is 93.8 cm³/mol. The highest BCUT2D eigenvalue weighted by Crippen LogP contribution is 2.36. The molecule has 1 aromatic rings. The van der Waals surface area contributed by atoms with Crippen molar-refractivity contribution in [1.29, 1.82) is 0 Å². The van der Waals surface area contributed by atoms with Crippen LogP contribution in [0.4, 0.5) is 0 Å². The molecule has 0 N–H and O–H groups in total. The zero-order valence-corrected chi connectivity index (χ0v) is 15.0. The van der Waals surface area contributed by atoms with Gasteiger partial charge in [-0.15, -0.1) is 0 Å². The fourth-order valence-corrected chi connectivity index (χ4v) is 3.77. The van der Waals surface area contributed by atoms with E-state index in [-0.39, 0.29) is 5.97 Å².